The number of furan rings is 1. The predicted octanol–water partition coefficient (Wildman–Crippen LogP) is 6.90. The lowest BCUT2D eigenvalue weighted by Crippen LogP contribution is -2.38. The van der Waals surface area contributed by atoms with E-state index in [0.29, 0.717) is 41.0 Å². The second-order valence-electron chi connectivity index (χ2n) is 10.2. The van der Waals surface area contributed by atoms with Crippen LogP contribution < -0.4 is 5.32 Å². The van der Waals surface area contributed by atoms with Crippen molar-refractivity contribution >= 4 is 46.4 Å². The molecule has 0 bridgehead atoms. The van der Waals surface area contributed by atoms with Gasteiger partial charge in [-0.25, -0.2) is 9.78 Å². The molecule has 0 spiro atoms. The van der Waals surface area contributed by atoms with Crippen molar-refractivity contribution in [3.8, 4) is 10.4 Å². The van der Waals surface area contributed by atoms with Gasteiger partial charge in [0.1, 0.15) is 5.69 Å². The average Bonchev–Trinajstić information content (AvgIpc) is 3.48. The van der Waals surface area contributed by atoms with Gasteiger partial charge >= 0.3 is 5.97 Å². The summed E-state index contributed by atoms with van der Waals surface area (Å²) in [6.45, 7) is 1.10. The van der Waals surface area contributed by atoms with E-state index in [9.17, 15) is 14.4 Å². The number of carboxylic acid groups (broad SMARTS) is 1. The number of aromatic carboxylic acids is 1. The van der Waals surface area contributed by atoms with Gasteiger partial charge in [-0.15, -0.1) is 11.3 Å². The topological polar surface area (TPSA) is 113 Å². The second kappa shape index (κ2) is 10.9. The van der Waals surface area contributed by atoms with E-state index >= 15 is 0 Å². The summed E-state index contributed by atoms with van der Waals surface area (Å²) < 4.78 is 5.23. The smallest absolute Gasteiger partial charge is 0.335 e. The van der Waals surface area contributed by atoms with Crippen molar-refractivity contribution in [1.29, 1.82) is 0 Å². The Morgan fingerprint density at radius 3 is 2.40 bits per heavy atom. The van der Waals surface area contributed by atoms with E-state index in [0.717, 1.165) is 46.7 Å². The molecular formula is C30H26ClN3O5S. The summed E-state index contributed by atoms with van der Waals surface area (Å²) >= 11 is 7.95. The third-order valence-electron chi connectivity index (χ3n) is 7.43. The maximum Gasteiger partial charge on any atom is 0.335 e. The third-order valence-corrected chi connectivity index (χ3v) is 9.03. The Kier molecular flexibility index (Phi) is 7.16. The number of halogens is 1. The Labute approximate surface area is 239 Å². The van der Waals surface area contributed by atoms with E-state index in [1.54, 1.807) is 47.8 Å². The number of rotatable bonds is 7. The number of benzene rings is 2. The number of thiazole rings is 1. The number of piperidine rings is 1. The lowest BCUT2D eigenvalue weighted by Gasteiger charge is -2.32. The molecule has 1 saturated carbocycles. The first-order valence-electron chi connectivity index (χ1n) is 13.1. The van der Waals surface area contributed by atoms with Crippen molar-refractivity contribution in [3.63, 3.8) is 0 Å². The normalized spacial score (nSPS) is 15.7. The van der Waals surface area contributed by atoms with Gasteiger partial charge in [-0.05, 0) is 73.6 Å². The van der Waals surface area contributed by atoms with E-state index in [-0.39, 0.29) is 23.3 Å². The van der Waals surface area contributed by atoms with Crippen LogP contribution in [-0.2, 0) is 0 Å². The number of hydrogen-bond acceptors (Lipinski definition) is 6. The molecule has 2 aliphatic rings. The van der Waals surface area contributed by atoms with E-state index < -0.39 is 5.97 Å². The molecule has 3 heterocycles. The molecule has 0 unspecified atom stereocenters. The van der Waals surface area contributed by atoms with Crippen molar-refractivity contribution in [2.45, 2.75) is 37.5 Å². The second-order valence-corrected chi connectivity index (χ2v) is 11.6. The highest BCUT2D eigenvalue weighted by Crippen LogP contribution is 2.45. The molecule has 10 heteroatoms. The summed E-state index contributed by atoms with van der Waals surface area (Å²) in [6.07, 6.45) is 6.86. The van der Waals surface area contributed by atoms with Crippen molar-refractivity contribution in [2.75, 3.05) is 18.4 Å². The van der Waals surface area contributed by atoms with Gasteiger partial charge in [0.05, 0.1) is 38.6 Å². The number of amides is 2. The van der Waals surface area contributed by atoms with Gasteiger partial charge in [0, 0.05) is 30.3 Å². The maximum absolute atomic E-state index is 13.4. The van der Waals surface area contributed by atoms with Crippen LogP contribution in [0, 0.1) is 0 Å². The van der Waals surface area contributed by atoms with E-state index in [1.807, 2.05) is 18.2 Å². The number of aromatic nitrogens is 1. The highest BCUT2D eigenvalue weighted by molar-refractivity contribution is 7.15. The summed E-state index contributed by atoms with van der Waals surface area (Å²) in [7, 11) is 0. The minimum absolute atomic E-state index is 0.190. The monoisotopic (exact) mass is 575 g/mol. The zero-order chi connectivity index (χ0) is 27.8. The van der Waals surface area contributed by atoms with Crippen molar-refractivity contribution in [3.05, 3.63) is 93.5 Å². The molecule has 0 atom stereocenters. The van der Waals surface area contributed by atoms with Gasteiger partial charge in [0.25, 0.3) is 11.8 Å². The minimum atomic E-state index is -0.949. The molecule has 2 fully saturated rings. The Balaban J connectivity index is 1.15. The largest absolute Gasteiger partial charge is 0.478 e. The SMILES string of the molecule is O=C(O)c1ccc(C2CCN(C(=O)c3cc(NC(=O)c4nc(C5CC5)sc4-c4ccoc4)ccc3Cl)CC2)cc1. The fraction of sp³-hybridized carbons (Fsp3) is 0.267. The van der Waals surface area contributed by atoms with Crippen LogP contribution in [0.3, 0.4) is 0 Å². The molecule has 1 saturated heterocycles. The van der Waals surface area contributed by atoms with Crippen LogP contribution in [0.15, 0.2) is 65.5 Å². The fourth-order valence-electron chi connectivity index (χ4n) is 5.03. The van der Waals surface area contributed by atoms with E-state index in [1.165, 1.54) is 11.3 Å². The number of likely N-dealkylation sites (tertiary alicyclic amines) is 1. The molecule has 1 aliphatic heterocycles. The molecular weight excluding hydrogens is 550 g/mol. The summed E-state index contributed by atoms with van der Waals surface area (Å²) in [5.74, 6) is -0.837. The van der Waals surface area contributed by atoms with Gasteiger partial charge in [0.15, 0.2) is 0 Å². The fourth-order valence-corrected chi connectivity index (χ4v) is 6.44. The molecule has 204 valence electrons. The minimum Gasteiger partial charge on any atom is -0.478 e. The van der Waals surface area contributed by atoms with Crippen LogP contribution in [0.4, 0.5) is 5.69 Å². The van der Waals surface area contributed by atoms with Crippen LogP contribution >= 0.6 is 22.9 Å². The Bertz CT molecular complexity index is 1570. The lowest BCUT2D eigenvalue weighted by molar-refractivity contribution is 0.0691. The summed E-state index contributed by atoms with van der Waals surface area (Å²) in [5.41, 5.74) is 3.27. The molecule has 2 aromatic carbocycles. The summed E-state index contributed by atoms with van der Waals surface area (Å²) in [6, 6.07) is 13.7. The molecule has 4 aromatic rings. The van der Waals surface area contributed by atoms with Crippen LogP contribution in [0.2, 0.25) is 5.02 Å². The highest BCUT2D eigenvalue weighted by atomic mass is 35.5. The van der Waals surface area contributed by atoms with Crippen molar-refractivity contribution < 1.29 is 23.9 Å². The number of carboxylic acids is 1. The molecule has 8 nitrogen and oxygen atoms in total. The zero-order valence-corrected chi connectivity index (χ0v) is 23.0. The maximum atomic E-state index is 13.4. The number of hydrogen-bond donors (Lipinski definition) is 2. The summed E-state index contributed by atoms with van der Waals surface area (Å²) in [4.78, 5) is 45.1. The Morgan fingerprint density at radius 2 is 1.75 bits per heavy atom. The number of nitrogens with zero attached hydrogens (tertiary/aromatic N) is 2. The zero-order valence-electron chi connectivity index (χ0n) is 21.4. The Morgan fingerprint density at radius 1 is 1.00 bits per heavy atom. The first-order valence-corrected chi connectivity index (χ1v) is 14.3. The molecule has 0 radical (unpaired) electrons. The molecule has 40 heavy (non-hydrogen) atoms. The first kappa shape index (κ1) is 26.3. The quantitative estimate of drug-likeness (QED) is 0.248. The third kappa shape index (κ3) is 5.39. The van der Waals surface area contributed by atoms with Gasteiger partial charge < -0.3 is 19.7 Å². The number of carbonyl (C=O) groups excluding carboxylic acids is 2. The van der Waals surface area contributed by atoms with E-state index in [2.05, 4.69) is 10.3 Å². The molecule has 2 amide bonds. The molecule has 1 aliphatic carbocycles. The number of anilines is 1. The Hall–Kier alpha value is -3.95. The van der Waals surface area contributed by atoms with Gasteiger partial charge in [0.2, 0.25) is 0 Å². The summed E-state index contributed by atoms with van der Waals surface area (Å²) in [5, 5.41) is 13.3. The van der Waals surface area contributed by atoms with Crippen LogP contribution in [0.25, 0.3) is 10.4 Å². The van der Waals surface area contributed by atoms with Crippen LogP contribution in [0.5, 0.6) is 0 Å². The van der Waals surface area contributed by atoms with Crippen molar-refractivity contribution in [1.82, 2.24) is 9.88 Å². The van der Waals surface area contributed by atoms with Crippen LogP contribution in [0.1, 0.15) is 79.3 Å². The van der Waals surface area contributed by atoms with E-state index in [4.69, 9.17) is 21.1 Å². The molecule has 6 rings (SSSR count). The van der Waals surface area contributed by atoms with Crippen LogP contribution in [-0.4, -0.2) is 45.9 Å². The standard InChI is InChI=1S/C30H26ClN3O5S/c31-24-8-7-22(32-27(35)25-26(21-11-14-39-16-21)40-28(33-25)19-3-4-19)15-23(24)29(36)34-12-9-18(10-13-34)17-1-5-20(6-2-17)30(37)38/h1-2,5-8,11,14-16,18-19H,3-4,9-10,12-13H2,(H,32,35)(H,37,38). The predicted molar refractivity (Wildman–Crippen MR) is 152 cm³/mol. The number of carbonyl (C=O) groups is 3. The lowest BCUT2D eigenvalue weighted by atomic mass is 9.89. The van der Waals surface area contributed by atoms with Gasteiger partial charge in [-0.2, -0.15) is 0 Å². The highest BCUT2D eigenvalue weighted by Gasteiger charge is 2.31. The molecule has 2 N–H and O–H groups in total. The average molecular weight is 576 g/mol. The van der Waals surface area contributed by atoms with Gasteiger partial charge in [-0.1, -0.05) is 23.7 Å². The first-order chi connectivity index (χ1) is 19.4. The van der Waals surface area contributed by atoms with Crippen molar-refractivity contribution in [2.24, 2.45) is 0 Å². The van der Waals surface area contributed by atoms with Gasteiger partial charge in [-0.3, -0.25) is 9.59 Å². The number of nitrogens with one attached hydrogen (secondary N) is 1. The molecule has 2 aromatic heterocycles.